The Morgan fingerprint density at radius 3 is 2.37 bits per heavy atom. The highest BCUT2D eigenvalue weighted by Crippen LogP contribution is 2.57. The number of pyridine rings is 1. The largest absolute Gasteiger partial charge is 0.308 e. The Morgan fingerprint density at radius 2 is 1.47 bits per heavy atom. The first kappa shape index (κ1) is 16.4. The minimum absolute atomic E-state index is 0.652. The first-order valence-electron chi connectivity index (χ1n) is 11.0. The molecule has 1 saturated carbocycles. The Balaban J connectivity index is 1.62. The molecular formula is C28H22N2. The molecule has 2 aliphatic carbocycles. The van der Waals surface area contributed by atoms with Gasteiger partial charge in [-0.25, -0.2) is 4.98 Å². The summed E-state index contributed by atoms with van der Waals surface area (Å²) in [6, 6.07) is 30.5. The SMILES string of the molecule is c1ccc(-n2c(-c3nc4ccccc4c4c3[C@H]3CC[C@H]4C3)cc3ccccc32)cc1. The summed E-state index contributed by atoms with van der Waals surface area (Å²) in [5.74, 6) is 1.35. The van der Waals surface area contributed by atoms with Crippen molar-refractivity contribution in [1.82, 2.24) is 9.55 Å². The van der Waals surface area contributed by atoms with E-state index < -0.39 is 0 Å². The molecule has 144 valence electrons. The van der Waals surface area contributed by atoms with Crippen molar-refractivity contribution in [2.24, 2.45) is 0 Å². The van der Waals surface area contributed by atoms with E-state index in [1.165, 1.54) is 58.2 Å². The summed E-state index contributed by atoms with van der Waals surface area (Å²) in [6.45, 7) is 0. The molecule has 3 aromatic carbocycles. The van der Waals surface area contributed by atoms with Gasteiger partial charge in [-0.15, -0.1) is 0 Å². The van der Waals surface area contributed by atoms with Crippen LogP contribution in [-0.4, -0.2) is 9.55 Å². The Kier molecular flexibility index (Phi) is 3.31. The molecule has 0 radical (unpaired) electrons. The third-order valence-electron chi connectivity index (χ3n) is 7.19. The van der Waals surface area contributed by atoms with Crippen LogP contribution in [0.15, 0.2) is 84.9 Å². The summed E-state index contributed by atoms with van der Waals surface area (Å²) in [7, 11) is 0. The zero-order valence-corrected chi connectivity index (χ0v) is 16.8. The van der Waals surface area contributed by atoms with Crippen LogP contribution in [-0.2, 0) is 0 Å². The number of hydrogen-bond acceptors (Lipinski definition) is 1. The first-order valence-corrected chi connectivity index (χ1v) is 11.0. The van der Waals surface area contributed by atoms with Gasteiger partial charge in [-0.3, -0.25) is 0 Å². The van der Waals surface area contributed by atoms with Gasteiger partial charge in [-0.2, -0.15) is 0 Å². The molecule has 2 heterocycles. The van der Waals surface area contributed by atoms with Gasteiger partial charge in [0, 0.05) is 16.5 Å². The highest BCUT2D eigenvalue weighted by atomic mass is 15.0. The Hall–Kier alpha value is -3.39. The average molecular weight is 386 g/mol. The molecule has 30 heavy (non-hydrogen) atoms. The number of hydrogen-bond donors (Lipinski definition) is 0. The van der Waals surface area contributed by atoms with Crippen LogP contribution in [0.1, 0.15) is 42.2 Å². The zero-order chi connectivity index (χ0) is 19.7. The maximum atomic E-state index is 5.30. The molecule has 0 spiro atoms. The molecule has 0 aliphatic heterocycles. The monoisotopic (exact) mass is 386 g/mol. The van der Waals surface area contributed by atoms with Crippen LogP contribution in [0.25, 0.3) is 38.9 Å². The van der Waals surface area contributed by atoms with E-state index >= 15 is 0 Å². The van der Waals surface area contributed by atoms with Gasteiger partial charge in [0.1, 0.15) is 0 Å². The van der Waals surface area contributed by atoms with Crippen LogP contribution >= 0.6 is 0 Å². The molecule has 0 saturated heterocycles. The number of aromatic nitrogens is 2. The number of benzene rings is 3. The van der Waals surface area contributed by atoms with E-state index in [9.17, 15) is 0 Å². The summed E-state index contributed by atoms with van der Waals surface area (Å²) in [6.07, 6.45) is 3.92. The Bertz CT molecular complexity index is 1430. The smallest absolute Gasteiger partial charge is 0.0915 e. The third kappa shape index (κ3) is 2.16. The molecule has 0 unspecified atom stereocenters. The van der Waals surface area contributed by atoms with Crippen molar-refractivity contribution in [3.63, 3.8) is 0 Å². The average Bonchev–Trinajstić information content (AvgIpc) is 3.52. The number of rotatable bonds is 2. The second-order valence-electron chi connectivity index (χ2n) is 8.77. The normalized spacial score (nSPS) is 19.6. The predicted octanol–water partition coefficient (Wildman–Crippen LogP) is 7.21. The van der Waals surface area contributed by atoms with Crippen molar-refractivity contribution in [1.29, 1.82) is 0 Å². The molecule has 2 heteroatoms. The van der Waals surface area contributed by atoms with Crippen LogP contribution in [0, 0.1) is 0 Å². The zero-order valence-electron chi connectivity index (χ0n) is 16.8. The number of para-hydroxylation sites is 3. The second kappa shape index (κ2) is 6.06. The van der Waals surface area contributed by atoms with Gasteiger partial charge in [-0.05, 0) is 72.6 Å². The van der Waals surface area contributed by atoms with Crippen molar-refractivity contribution >= 4 is 21.8 Å². The number of nitrogens with zero attached hydrogens (tertiary/aromatic N) is 2. The molecule has 2 atom stereocenters. The molecule has 2 nitrogen and oxygen atoms in total. The predicted molar refractivity (Wildman–Crippen MR) is 123 cm³/mol. The van der Waals surface area contributed by atoms with Crippen molar-refractivity contribution < 1.29 is 0 Å². The fourth-order valence-electron chi connectivity index (χ4n) is 5.99. The van der Waals surface area contributed by atoms with Crippen LogP contribution in [0.4, 0.5) is 0 Å². The Morgan fingerprint density at radius 1 is 0.733 bits per heavy atom. The van der Waals surface area contributed by atoms with E-state index in [2.05, 4.69) is 89.5 Å². The van der Waals surface area contributed by atoms with Crippen LogP contribution in [0.2, 0.25) is 0 Å². The third-order valence-corrected chi connectivity index (χ3v) is 7.19. The van der Waals surface area contributed by atoms with Gasteiger partial charge in [0.05, 0.1) is 22.4 Å². The highest BCUT2D eigenvalue weighted by Gasteiger charge is 2.41. The van der Waals surface area contributed by atoms with Crippen molar-refractivity contribution in [3.8, 4) is 17.1 Å². The fourth-order valence-corrected chi connectivity index (χ4v) is 5.99. The molecule has 5 aromatic rings. The first-order chi connectivity index (χ1) is 14.9. The lowest BCUT2D eigenvalue weighted by atomic mass is 9.87. The van der Waals surface area contributed by atoms with Gasteiger partial charge >= 0.3 is 0 Å². The minimum atomic E-state index is 0.652. The van der Waals surface area contributed by atoms with Gasteiger partial charge in [0.15, 0.2) is 0 Å². The summed E-state index contributed by atoms with van der Waals surface area (Å²) < 4.78 is 2.40. The van der Waals surface area contributed by atoms with Gasteiger partial charge in [-0.1, -0.05) is 54.6 Å². The molecule has 2 aromatic heterocycles. The van der Waals surface area contributed by atoms with E-state index in [0.29, 0.717) is 11.8 Å². The van der Waals surface area contributed by atoms with Crippen LogP contribution in [0.5, 0.6) is 0 Å². The molecule has 0 N–H and O–H groups in total. The molecule has 2 aliphatic rings. The quantitative estimate of drug-likeness (QED) is 0.313. The van der Waals surface area contributed by atoms with E-state index in [0.717, 1.165) is 5.52 Å². The fraction of sp³-hybridized carbons (Fsp3) is 0.179. The topological polar surface area (TPSA) is 17.8 Å². The van der Waals surface area contributed by atoms with Gasteiger partial charge in [0.25, 0.3) is 0 Å². The summed E-state index contributed by atoms with van der Waals surface area (Å²) in [5.41, 5.74) is 9.07. The van der Waals surface area contributed by atoms with E-state index in [4.69, 9.17) is 4.98 Å². The molecule has 2 bridgehead atoms. The van der Waals surface area contributed by atoms with Crippen molar-refractivity contribution in [2.75, 3.05) is 0 Å². The lowest BCUT2D eigenvalue weighted by Crippen LogP contribution is -2.06. The second-order valence-corrected chi connectivity index (χ2v) is 8.77. The molecule has 1 fully saturated rings. The minimum Gasteiger partial charge on any atom is -0.308 e. The maximum Gasteiger partial charge on any atom is 0.0915 e. The lowest BCUT2D eigenvalue weighted by Gasteiger charge is -2.22. The Labute approximate surface area is 175 Å². The lowest BCUT2D eigenvalue weighted by molar-refractivity contribution is 0.720. The molecule has 0 amide bonds. The summed E-state index contributed by atoms with van der Waals surface area (Å²) in [5, 5.41) is 2.63. The van der Waals surface area contributed by atoms with E-state index in [1.54, 1.807) is 5.56 Å². The van der Waals surface area contributed by atoms with Gasteiger partial charge in [0.2, 0.25) is 0 Å². The van der Waals surface area contributed by atoms with E-state index in [1.807, 2.05) is 0 Å². The van der Waals surface area contributed by atoms with Crippen LogP contribution < -0.4 is 0 Å². The molecule has 7 rings (SSSR count). The summed E-state index contributed by atoms with van der Waals surface area (Å²) in [4.78, 5) is 5.30. The van der Waals surface area contributed by atoms with Crippen LogP contribution in [0.3, 0.4) is 0 Å². The van der Waals surface area contributed by atoms with E-state index in [-0.39, 0.29) is 0 Å². The highest BCUT2D eigenvalue weighted by molar-refractivity contribution is 5.93. The number of fused-ring (bicyclic) bond motifs is 8. The van der Waals surface area contributed by atoms with Crippen molar-refractivity contribution in [3.05, 3.63) is 96.1 Å². The maximum absolute atomic E-state index is 5.30. The summed E-state index contributed by atoms with van der Waals surface area (Å²) >= 11 is 0. The van der Waals surface area contributed by atoms with Gasteiger partial charge < -0.3 is 4.57 Å². The van der Waals surface area contributed by atoms with Crippen molar-refractivity contribution in [2.45, 2.75) is 31.1 Å². The molecular weight excluding hydrogens is 364 g/mol. The standard InChI is InChI=1S/C28H22N2/c1-2-9-21(10-3-1)30-24-13-7-4-8-18(24)17-25(30)28-27-20-15-14-19(16-20)26(27)22-11-5-6-12-23(22)29-28/h1-13,17,19-20H,14-16H2/t19-,20-/m0/s1.